The van der Waals surface area contributed by atoms with Crippen molar-refractivity contribution in [3.63, 3.8) is 0 Å². The summed E-state index contributed by atoms with van der Waals surface area (Å²) in [5.41, 5.74) is 0. The Hall–Kier alpha value is 1.64. The van der Waals surface area contributed by atoms with Crippen molar-refractivity contribution in [2.75, 3.05) is 0 Å². The molecule has 0 heterocycles. The minimum absolute atomic E-state index is 0. The second kappa shape index (κ2) is 9.53. The molecular weight excluding hydrogens is 372 g/mol. The molecule has 4 nitrogen and oxygen atoms in total. The molecule has 0 radical (unpaired) electrons. The van der Waals surface area contributed by atoms with Crippen molar-refractivity contribution in [1.29, 1.82) is 0 Å². The zero-order chi connectivity index (χ0) is 13.0. The molecule has 0 fully saturated rings. The van der Waals surface area contributed by atoms with Gasteiger partial charge in [0.1, 0.15) is 10.0 Å². The fraction of sp³-hybridized carbons (Fsp3) is 0. The molecule has 0 aliphatic carbocycles. The summed E-state index contributed by atoms with van der Waals surface area (Å²) in [4.78, 5) is 0. The number of hydrogen-bond acceptors (Lipinski definition) is 4. The topological polar surface area (TPSA) is 89.4 Å². The standard InChI is InChI=1S/C6HCl5O.ClO3.Na/c7-1-2(8)4(10)6(12)5(11)3(1)9;2-1(3)4;/h12H;;/q;-1;+1. The predicted molar refractivity (Wildman–Crippen MR) is 53.2 cm³/mol. The average Bonchev–Trinajstić information content (AvgIpc) is 2.20. The summed E-state index contributed by atoms with van der Waals surface area (Å²) in [6.45, 7) is 0. The van der Waals surface area contributed by atoms with E-state index >= 15 is 0 Å². The van der Waals surface area contributed by atoms with Crippen molar-refractivity contribution in [2.24, 2.45) is 0 Å². The van der Waals surface area contributed by atoms with E-state index in [4.69, 9.17) is 72.0 Å². The van der Waals surface area contributed by atoms with Gasteiger partial charge in [-0.25, -0.2) is 0 Å². The Morgan fingerprint density at radius 3 is 1.12 bits per heavy atom. The van der Waals surface area contributed by atoms with E-state index in [1.807, 2.05) is 0 Å². The van der Waals surface area contributed by atoms with Gasteiger partial charge < -0.3 is 19.1 Å². The fourth-order valence-electron chi connectivity index (χ4n) is 0.593. The number of halogens is 6. The summed E-state index contributed by atoms with van der Waals surface area (Å²) in [5.74, 6) is -0.363. The van der Waals surface area contributed by atoms with E-state index in [0.717, 1.165) is 0 Å². The van der Waals surface area contributed by atoms with Crippen molar-refractivity contribution in [2.45, 2.75) is 0 Å². The van der Waals surface area contributed by atoms with Crippen LogP contribution in [-0.4, -0.2) is 5.11 Å². The summed E-state index contributed by atoms with van der Waals surface area (Å²) in [6, 6.07) is 0. The van der Waals surface area contributed by atoms with Crippen LogP contribution >= 0.6 is 58.0 Å². The molecule has 1 N–H and O–H groups in total. The van der Waals surface area contributed by atoms with E-state index in [1.165, 1.54) is 0 Å². The van der Waals surface area contributed by atoms with E-state index in [9.17, 15) is 5.11 Å². The van der Waals surface area contributed by atoms with Gasteiger partial charge in [0.05, 0.1) is 25.9 Å². The van der Waals surface area contributed by atoms with Crippen molar-refractivity contribution < 1.29 is 59.4 Å². The minimum Gasteiger partial charge on any atom is -0.505 e. The van der Waals surface area contributed by atoms with Gasteiger partial charge in [0.25, 0.3) is 0 Å². The van der Waals surface area contributed by atoms with Gasteiger partial charge in [-0.15, -0.1) is 0 Å². The summed E-state index contributed by atoms with van der Waals surface area (Å²) >= 11 is 27.9. The van der Waals surface area contributed by atoms with Gasteiger partial charge in [0.15, 0.2) is 5.75 Å². The van der Waals surface area contributed by atoms with Gasteiger partial charge in [-0.2, -0.15) is 0 Å². The Bertz CT molecular complexity index is 280. The Balaban J connectivity index is 0. The van der Waals surface area contributed by atoms with Gasteiger partial charge in [-0.1, -0.05) is 58.0 Å². The van der Waals surface area contributed by atoms with Gasteiger partial charge >= 0.3 is 29.6 Å². The smallest absolute Gasteiger partial charge is 0.505 e. The third-order valence-corrected chi connectivity index (χ3v) is 3.44. The summed E-state index contributed by atoms with van der Waals surface area (Å²) < 4.78 is 25.2. The molecule has 92 valence electrons. The maximum absolute atomic E-state index is 9.20. The number of phenolic OH excluding ortho intramolecular Hbond substituents is 1. The quantitative estimate of drug-likeness (QED) is 0.327. The molecule has 1 rings (SSSR count). The van der Waals surface area contributed by atoms with Crippen molar-refractivity contribution >= 4 is 58.0 Å². The molecule has 17 heavy (non-hydrogen) atoms. The maximum Gasteiger partial charge on any atom is 1.00 e. The van der Waals surface area contributed by atoms with Crippen LogP contribution in [0.5, 0.6) is 5.75 Å². The largest absolute Gasteiger partial charge is 1.00 e. The summed E-state index contributed by atoms with van der Waals surface area (Å²) in [5, 5.41) is 9.01. The molecular formula is C6HCl6NaO4. The van der Waals surface area contributed by atoms with Crippen LogP contribution in [-0.2, 0) is 0 Å². The minimum atomic E-state index is -2.85. The Kier molecular flexibility index (Phi) is 11.7. The Morgan fingerprint density at radius 2 is 0.882 bits per heavy atom. The molecule has 0 bridgehead atoms. The fourth-order valence-corrected chi connectivity index (χ4v) is 1.72. The van der Waals surface area contributed by atoms with Crippen molar-refractivity contribution in [1.82, 2.24) is 0 Å². The van der Waals surface area contributed by atoms with Crippen molar-refractivity contribution in [3.8, 4) is 5.75 Å². The van der Waals surface area contributed by atoms with Crippen LogP contribution in [0.3, 0.4) is 0 Å². The molecule has 0 aliphatic heterocycles. The Labute approximate surface area is 147 Å². The van der Waals surface area contributed by atoms with E-state index in [-0.39, 0.29) is 60.4 Å². The molecule has 11 heteroatoms. The predicted octanol–water partition coefficient (Wildman–Crippen LogP) is -1.90. The normalized spacial score (nSPS) is 9.47. The van der Waals surface area contributed by atoms with E-state index in [0.29, 0.717) is 0 Å². The zero-order valence-corrected chi connectivity index (χ0v) is 14.5. The number of rotatable bonds is 0. The first-order valence-corrected chi connectivity index (χ1v) is 5.95. The summed E-state index contributed by atoms with van der Waals surface area (Å²) in [7, 11) is -2.85. The SMILES string of the molecule is Oc1c(Cl)c(Cl)c(Cl)c(Cl)c1Cl.[Na+].[O-][Cl+2]([O-])[O-]. The average molecular weight is 373 g/mol. The number of hydrogen-bond donors (Lipinski definition) is 1. The zero-order valence-electron chi connectivity index (χ0n) is 7.94. The number of phenols is 1. The van der Waals surface area contributed by atoms with Gasteiger partial charge in [0.2, 0.25) is 0 Å². The van der Waals surface area contributed by atoms with E-state index < -0.39 is 10.8 Å². The molecule has 0 aromatic heterocycles. The van der Waals surface area contributed by atoms with Gasteiger partial charge in [0, 0.05) is 0 Å². The van der Waals surface area contributed by atoms with Gasteiger partial charge in [-0.05, 0) is 0 Å². The second-order valence-corrected chi connectivity index (χ2v) is 4.38. The van der Waals surface area contributed by atoms with E-state index in [2.05, 4.69) is 0 Å². The third kappa shape index (κ3) is 6.56. The molecule has 1 aromatic carbocycles. The maximum atomic E-state index is 9.20. The van der Waals surface area contributed by atoms with Crippen LogP contribution in [0.1, 0.15) is 0 Å². The van der Waals surface area contributed by atoms with Crippen LogP contribution < -0.4 is 43.5 Å². The first-order chi connectivity index (χ1) is 7.20. The van der Waals surface area contributed by atoms with Crippen LogP contribution in [0, 0.1) is 10.8 Å². The molecule has 0 saturated heterocycles. The first-order valence-electron chi connectivity index (χ1n) is 3.13. The van der Waals surface area contributed by atoms with Crippen molar-refractivity contribution in [3.05, 3.63) is 25.1 Å². The molecule has 1 aromatic rings. The first kappa shape index (κ1) is 20.9. The van der Waals surface area contributed by atoms with E-state index in [1.54, 1.807) is 0 Å². The monoisotopic (exact) mass is 370 g/mol. The summed E-state index contributed by atoms with van der Waals surface area (Å²) in [6.07, 6.45) is 0. The van der Waals surface area contributed by atoms with Gasteiger partial charge in [-0.3, -0.25) is 0 Å². The molecule has 0 saturated carbocycles. The number of benzene rings is 1. The molecule has 0 amide bonds. The molecule has 0 spiro atoms. The number of aromatic hydroxyl groups is 1. The molecule has 0 unspecified atom stereocenters. The van der Waals surface area contributed by atoms with Crippen LogP contribution in [0.15, 0.2) is 0 Å². The Morgan fingerprint density at radius 1 is 0.706 bits per heavy atom. The van der Waals surface area contributed by atoms with Crippen LogP contribution in [0.4, 0.5) is 0 Å². The third-order valence-electron chi connectivity index (χ3n) is 1.19. The second-order valence-electron chi connectivity index (χ2n) is 2.11. The molecule has 0 atom stereocenters. The van der Waals surface area contributed by atoms with Crippen LogP contribution in [0.25, 0.3) is 0 Å². The van der Waals surface area contributed by atoms with Crippen LogP contribution in [0.2, 0.25) is 25.1 Å². The molecule has 0 aliphatic rings.